The Bertz CT molecular complexity index is 841. The van der Waals surface area contributed by atoms with Crippen molar-refractivity contribution < 1.29 is 9.53 Å². The summed E-state index contributed by atoms with van der Waals surface area (Å²) < 4.78 is 7.36. The Labute approximate surface area is 145 Å². The number of benzene rings is 1. The van der Waals surface area contributed by atoms with Crippen LogP contribution in [0.1, 0.15) is 21.9 Å². The monoisotopic (exact) mass is 337 g/mol. The third kappa shape index (κ3) is 4.20. The molecule has 0 radical (unpaired) electrons. The number of nitrogens with zero attached hydrogens (tertiary/aromatic N) is 4. The molecule has 0 bridgehead atoms. The van der Waals surface area contributed by atoms with Crippen LogP contribution in [0.5, 0.6) is 5.75 Å². The third-order valence-electron chi connectivity index (χ3n) is 3.63. The molecule has 1 amide bonds. The van der Waals surface area contributed by atoms with Gasteiger partial charge in [0.25, 0.3) is 5.91 Å². The Balaban J connectivity index is 1.50. The topological polar surface area (TPSA) is 81.9 Å². The summed E-state index contributed by atoms with van der Waals surface area (Å²) in [6.07, 6.45) is 3.48. The number of carbonyl (C=O) groups excluding carboxylic acids is 1. The molecule has 3 rings (SSSR count). The van der Waals surface area contributed by atoms with Crippen molar-refractivity contribution in [1.29, 1.82) is 0 Å². The molecule has 1 N–H and O–H groups in total. The molecule has 0 aliphatic rings. The predicted molar refractivity (Wildman–Crippen MR) is 92.9 cm³/mol. The van der Waals surface area contributed by atoms with Crippen molar-refractivity contribution in [2.24, 2.45) is 0 Å². The van der Waals surface area contributed by atoms with Crippen LogP contribution in [0.3, 0.4) is 0 Å². The van der Waals surface area contributed by atoms with E-state index < -0.39 is 0 Å². The molecular weight excluding hydrogens is 318 g/mol. The van der Waals surface area contributed by atoms with Crippen LogP contribution < -0.4 is 10.1 Å². The van der Waals surface area contributed by atoms with Gasteiger partial charge >= 0.3 is 0 Å². The van der Waals surface area contributed by atoms with Crippen LogP contribution in [0.4, 0.5) is 0 Å². The van der Waals surface area contributed by atoms with E-state index in [4.69, 9.17) is 4.74 Å². The van der Waals surface area contributed by atoms with E-state index >= 15 is 0 Å². The third-order valence-corrected chi connectivity index (χ3v) is 3.63. The molecule has 2 aromatic heterocycles. The number of carbonyl (C=O) groups is 1. The standard InChI is InChI=1S/C18H19N5O2/c1-13-3-5-15(6-4-13)25-12-10-20-18(24)16-7-8-17(22-21-16)23-11-9-19-14(23)2/h3-9,11H,10,12H2,1-2H3,(H,20,24). The number of hydrogen-bond acceptors (Lipinski definition) is 5. The van der Waals surface area contributed by atoms with Gasteiger partial charge in [-0.25, -0.2) is 4.98 Å². The number of rotatable bonds is 6. The lowest BCUT2D eigenvalue weighted by atomic mass is 10.2. The van der Waals surface area contributed by atoms with E-state index in [0.717, 1.165) is 11.6 Å². The lowest BCUT2D eigenvalue weighted by Gasteiger charge is -2.08. The minimum atomic E-state index is -0.283. The number of nitrogens with one attached hydrogen (secondary N) is 1. The summed E-state index contributed by atoms with van der Waals surface area (Å²) in [6.45, 7) is 4.66. The molecule has 1 aromatic carbocycles. The Morgan fingerprint density at radius 3 is 2.56 bits per heavy atom. The molecule has 0 saturated carbocycles. The van der Waals surface area contributed by atoms with Gasteiger partial charge in [0.05, 0.1) is 6.54 Å². The fraction of sp³-hybridized carbons (Fsp3) is 0.222. The Morgan fingerprint density at radius 2 is 1.92 bits per heavy atom. The quantitative estimate of drug-likeness (QED) is 0.697. The molecule has 0 saturated heterocycles. The number of aromatic nitrogens is 4. The number of ether oxygens (including phenoxy) is 1. The molecule has 3 aromatic rings. The van der Waals surface area contributed by atoms with Gasteiger partial charge in [-0.3, -0.25) is 9.36 Å². The molecular formula is C18H19N5O2. The summed E-state index contributed by atoms with van der Waals surface area (Å²) in [5.41, 5.74) is 1.44. The van der Waals surface area contributed by atoms with Crippen LogP contribution >= 0.6 is 0 Å². The first-order valence-corrected chi connectivity index (χ1v) is 7.95. The fourth-order valence-corrected chi connectivity index (χ4v) is 2.25. The van der Waals surface area contributed by atoms with Crippen molar-refractivity contribution in [2.45, 2.75) is 13.8 Å². The summed E-state index contributed by atoms with van der Waals surface area (Å²) in [4.78, 5) is 16.2. The number of imidazole rings is 1. The zero-order valence-electron chi connectivity index (χ0n) is 14.1. The van der Waals surface area contributed by atoms with Gasteiger partial charge in [-0.1, -0.05) is 17.7 Å². The minimum Gasteiger partial charge on any atom is -0.492 e. The van der Waals surface area contributed by atoms with Gasteiger partial charge in [-0.15, -0.1) is 10.2 Å². The molecule has 0 aliphatic carbocycles. The van der Waals surface area contributed by atoms with Crippen molar-refractivity contribution in [2.75, 3.05) is 13.2 Å². The normalized spacial score (nSPS) is 10.5. The molecule has 7 nitrogen and oxygen atoms in total. The summed E-state index contributed by atoms with van der Waals surface area (Å²) in [7, 11) is 0. The fourth-order valence-electron chi connectivity index (χ4n) is 2.25. The lowest BCUT2D eigenvalue weighted by molar-refractivity contribution is 0.0941. The Kier molecular flexibility index (Phi) is 5.03. The van der Waals surface area contributed by atoms with E-state index in [9.17, 15) is 4.79 Å². The second kappa shape index (κ2) is 7.57. The Morgan fingerprint density at radius 1 is 1.12 bits per heavy atom. The largest absolute Gasteiger partial charge is 0.492 e. The molecule has 0 atom stereocenters. The number of aryl methyl sites for hydroxylation is 2. The summed E-state index contributed by atoms with van der Waals surface area (Å²) in [5, 5.41) is 10.8. The van der Waals surface area contributed by atoms with Gasteiger partial charge in [0.1, 0.15) is 18.2 Å². The number of amides is 1. The van der Waals surface area contributed by atoms with Crippen molar-refractivity contribution in [3.8, 4) is 11.6 Å². The molecule has 25 heavy (non-hydrogen) atoms. The molecule has 2 heterocycles. The van der Waals surface area contributed by atoms with Crippen LogP contribution in [0.25, 0.3) is 5.82 Å². The van der Waals surface area contributed by atoms with Gasteiger partial charge in [-0.05, 0) is 38.1 Å². The van der Waals surface area contributed by atoms with Crippen LogP contribution in [0.2, 0.25) is 0 Å². The van der Waals surface area contributed by atoms with E-state index in [1.165, 1.54) is 5.56 Å². The first-order chi connectivity index (χ1) is 12.1. The predicted octanol–water partition coefficient (Wildman–Crippen LogP) is 2.09. The first kappa shape index (κ1) is 16.6. The van der Waals surface area contributed by atoms with Crippen molar-refractivity contribution in [1.82, 2.24) is 25.1 Å². The highest BCUT2D eigenvalue weighted by Crippen LogP contribution is 2.11. The minimum absolute atomic E-state index is 0.261. The lowest BCUT2D eigenvalue weighted by Crippen LogP contribution is -2.29. The SMILES string of the molecule is Cc1ccc(OCCNC(=O)c2ccc(-n3ccnc3C)nn2)cc1. The summed E-state index contributed by atoms with van der Waals surface area (Å²) in [6, 6.07) is 11.1. The first-order valence-electron chi connectivity index (χ1n) is 7.95. The van der Waals surface area contributed by atoms with E-state index in [0.29, 0.717) is 19.0 Å². The zero-order chi connectivity index (χ0) is 17.6. The van der Waals surface area contributed by atoms with Crippen molar-refractivity contribution >= 4 is 5.91 Å². The summed E-state index contributed by atoms with van der Waals surface area (Å²) >= 11 is 0. The van der Waals surface area contributed by atoms with E-state index in [1.54, 1.807) is 29.1 Å². The highest BCUT2D eigenvalue weighted by molar-refractivity contribution is 5.92. The zero-order valence-corrected chi connectivity index (χ0v) is 14.1. The van der Waals surface area contributed by atoms with Crippen LogP contribution in [0, 0.1) is 13.8 Å². The maximum absolute atomic E-state index is 12.1. The molecule has 0 fully saturated rings. The van der Waals surface area contributed by atoms with Crippen molar-refractivity contribution in [3.05, 3.63) is 65.9 Å². The van der Waals surface area contributed by atoms with E-state index in [2.05, 4.69) is 20.5 Å². The van der Waals surface area contributed by atoms with E-state index in [1.807, 2.05) is 38.1 Å². The summed E-state index contributed by atoms with van der Waals surface area (Å²) in [5.74, 6) is 1.92. The van der Waals surface area contributed by atoms with Gasteiger partial charge in [0, 0.05) is 12.4 Å². The van der Waals surface area contributed by atoms with Gasteiger partial charge < -0.3 is 10.1 Å². The van der Waals surface area contributed by atoms with Gasteiger partial charge in [0.15, 0.2) is 11.5 Å². The average molecular weight is 337 g/mol. The highest BCUT2D eigenvalue weighted by Gasteiger charge is 2.09. The maximum atomic E-state index is 12.1. The molecule has 7 heteroatoms. The molecule has 0 aliphatic heterocycles. The van der Waals surface area contributed by atoms with Gasteiger partial charge in [0.2, 0.25) is 0 Å². The highest BCUT2D eigenvalue weighted by atomic mass is 16.5. The average Bonchev–Trinajstić information content (AvgIpc) is 3.06. The number of hydrogen-bond donors (Lipinski definition) is 1. The smallest absolute Gasteiger partial charge is 0.271 e. The van der Waals surface area contributed by atoms with Crippen LogP contribution in [-0.4, -0.2) is 38.8 Å². The molecule has 0 unspecified atom stereocenters. The van der Waals surface area contributed by atoms with Crippen LogP contribution in [-0.2, 0) is 0 Å². The van der Waals surface area contributed by atoms with E-state index in [-0.39, 0.29) is 11.6 Å². The molecule has 128 valence electrons. The van der Waals surface area contributed by atoms with Crippen molar-refractivity contribution in [3.63, 3.8) is 0 Å². The Hall–Kier alpha value is -3.22. The molecule has 0 spiro atoms. The van der Waals surface area contributed by atoms with Crippen LogP contribution in [0.15, 0.2) is 48.8 Å². The second-order valence-corrected chi connectivity index (χ2v) is 5.54. The van der Waals surface area contributed by atoms with Gasteiger partial charge in [-0.2, -0.15) is 0 Å². The maximum Gasteiger partial charge on any atom is 0.271 e. The second-order valence-electron chi connectivity index (χ2n) is 5.54.